The summed E-state index contributed by atoms with van der Waals surface area (Å²) in [6, 6.07) is 23.9. The number of hydrogen-bond acceptors (Lipinski definition) is 7. The molecule has 7 nitrogen and oxygen atoms in total. The Morgan fingerprint density at radius 1 is 0.825 bits per heavy atom. The smallest absolute Gasteiger partial charge is 0.338 e. The van der Waals surface area contributed by atoms with E-state index in [0.717, 1.165) is 52.2 Å². The van der Waals surface area contributed by atoms with Crippen LogP contribution in [0.1, 0.15) is 27.0 Å². The molecule has 0 N–H and O–H groups in total. The Morgan fingerprint density at radius 2 is 1.45 bits per heavy atom. The molecule has 204 valence electrons. The normalized spacial score (nSPS) is 15.7. The Hall–Kier alpha value is -4.49. The molecule has 2 heterocycles. The van der Waals surface area contributed by atoms with Crippen LogP contribution in [0, 0.1) is 0 Å². The Kier molecular flexibility index (Phi) is 6.82. The van der Waals surface area contributed by atoms with Gasteiger partial charge in [-0.2, -0.15) is 0 Å². The molecule has 0 saturated carbocycles. The molecule has 0 bridgehead atoms. The minimum atomic E-state index is -0.970. The summed E-state index contributed by atoms with van der Waals surface area (Å²) in [5.41, 5.74) is 3.10. The highest BCUT2D eigenvalue weighted by atomic mass is 16.5. The van der Waals surface area contributed by atoms with E-state index >= 15 is 0 Å². The maximum atomic E-state index is 12.9. The van der Waals surface area contributed by atoms with Crippen molar-refractivity contribution in [2.75, 3.05) is 52.5 Å². The van der Waals surface area contributed by atoms with E-state index in [1.807, 2.05) is 72.8 Å². The fraction of sp³-hybridized carbons (Fsp3) is 0.242. The van der Waals surface area contributed by atoms with E-state index in [0.29, 0.717) is 30.1 Å². The number of fused-ring (bicyclic) bond motifs is 3. The predicted molar refractivity (Wildman–Crippen MR) is 155 cm³/mol. The summed E-state index contributed by atoms with van der Waals surface area (Å²) in [4.78, 5) is 15.2. The molecule has 40 heavy (non-hydrogen) atoms. The summed E-state index contributed by atoms with van der Waals surface area (Å²) < 4.78 is 28.7. The number of morpholine rings is 1. The molecule has 0 spiro atoms. The van der Waals surface area contributed by atoms with Gasteiger partial charge in [-0.3, -0.25) is 0 Å². The van der Waals surface area contributed by atoms with E-state index < -0.39 is 11.6 Å². The van der Waals surface area contributed by atoms with Gasteiger partial charge in [0.15, 0.2) is 5.60 Å². The molecular weight excluding hydrogens is 506 g/mol. The first-order valence-electron chi connectivity index (χ1n) is 13.3. The van der Waals surface area contributed by atoms with Gasteiger partial charge in [-0.15, -0.1) is 0 Å². The quantitative estimate of drug-likeness (QED) is 0.287. The van der Waals surface area contributed by atoms with Crippen LogP contribution >= 0.6 is 0 Å². The summed E-state index contributed by atoms with van der Waals surface area (Å²) in [6.45, 7) is 3.01. The van der Waals surface area contributed by atoms with Crippen molar-refractivity contribution in [3.8, 4) is 17.2 Å². The van der Waals surface area contributed by atoms with Gasteiger partial charge in [0.25, 0.3) is 0 Å². The van der Waals surface area contributed by atoms with Gasteiger partial charge in [0, 0.05) is 40.9 Å². The van der Waals surface area contributed by atoms with E-state index in [1.165, 1.54) is 7.11 Å². The fourth-order valence-electron chi connectivity index (χ4n) is 5.49. The molecule has 1 fully saturated rings. The Morgan fingerprint density at radius 3 is 2.02 bits per heavy atom. The zero-order valence-corrected chi connectivity index (χ0v) is 22.8. The Bertz CT molecular complexity index is 1520. The predicted octanol–water partition coefficient (Wildman–Crippen LogP) is 5.83. The van der Waals surface area contributed by atoms with Gasteiger partial charge in [0.05, 0.1) is 40.1 Å². The lowest BCUT2D eigenvalue weighted by Gasteiger charge is -2.37. The second-order valence-corrected chi connectivity index (χ2v) is 9.79. The van der Waals surface area contributed by atoms with Gasteiger partial charge < -0.3 is 28.6 Å². The average Bonchev–Trinajstić information content (AvgIpc) is 3.04. The van der Waals surface area contributed by atoms with Gasteiger partial charge >= 0.3 is 5.97 Å². The zero-order valence-electron chi connectivity index (χ0n) is 22.8. The minimum absolute atomic E-state index is 0.412. The number of methoxy groups -OCH3 is 3. The van der Waals surface area contributed by atoms with Crippen molar-refractivity contribution >= 4 is 28.5 Å². The van der Waals surface area contributed by atoms with Gasteiger partial charge in [0.1, 0.15) is 17.2 Å². The maximum absolute atomic E-state index is 12.9. The van der Waals surface area contributed by atoms with Crippen LogP contribution in [-0.4, -0.2) is 53.6 Å². The summed E-state index contributed by atoms with van der Waals surface area (Å²) >= 11 is 0. The third-order valence-corrected chi connectivity index (χ3v) is 7.68. The highest BCUT2D eigenvalue weighted by Gasteiger charge is 2.39. The number of hydrogen-bond donors (Lipinski definition) is 0. The number of benzene rings is 4. The minimum Gasteiger partial charge on any atom is -0.497 e. The van der Waals surface area contributed by atoms with Crippen LogP contribution in [0.15, 0.2) is 78.9 Å². The highest BCUT2D eigenvalue weighted by molar-refractivity contribution is 6.04. The number of nitrogens with zero attached hydrogens (tertiary/aromatic N) is 1. The maximum Gasteiger partial charge on any atom is 0.338 e. The Labute approximate surface area is 233 Å². The topological polar surface area (TPSA) is 66.5 Å². The van der Waals surface area contributed by atoms with Crippen LogP contribution < -0.4 is 19.1 Å². The fourth-order valence-corrected chi connectivity index (χ4v) is 5.49. The standard InChI is InChI=1S/C33H31NO6/c1-36-26-10-5-23(6-11-26)33(24-7-12-27(37-2)13-8-24)15-14-28-30(32(35)38-3)20-22-4-9-25(21-29(22)31(28)40-33)34-16-18-39-19-17-34/h4-15,20-21H,16-19H2,1-3H3. The number of anilines is 1. The number of carbonyl (C=O) groups excluding carboxylic acids is 1. The Balaban J connectivity index is 1.58. The van der Waals surface area contributed by atoms with Crippen LogP contribution in [0.25, 0.3) is 16.8 Å². The highest BCUT2D eigenvalue weighted by Crippen LogP contribution is 2.47. The van der Waals surface area contributed by atoms with Gasteiger partial charge in [0.2, 0.25) is 0 Å². The number of ether oxygens (including phenoxy) is 5. The third-order valence-electron chi connectivity index (χ3n) is 7.68. The molecule has 0 aromatic heterocycles. The first kappa shape index (κ1) is 25.8. The molecule has 6 rings (SSSR count). The third kappa shape index (κ3) is 4.42. The summed E-state index contributed by atoms with van der Waals surface area (Å²) in [5, 5.41) is 1.81. The lowest BCUT2D eigenvalue weighted by Crippen LogP contribution is -2.36. The summed E-state index contributed by atoms with van der Waals surface area (Å²) in [7, 11) is 4.69. The van der Waals surface area contributed by atoms with Crippen LogP contribution in [0.2, 0.25) is 0 Å². The average molecular weight is 538 g/mol. The summed E-state index contributed by atoms with van der Waals surface area (Å²) in [6.07, 6.45) is 3.98. The van der Waals surface area contributed by atoms with E-state index in [-0.39, 0.29) is 0 Å². The molecule has 0 radical (unpaired) electrons. The van der Waals surface area contributed by atoms with Crippen molar-refractivity contribution < 1.29 is 28.5 Å². The molecule has 1 saturated heterocycles. The van der Waals surface area contributed by atoms with Crippen LogP contribution in [0.5, 0.6) is 17.2 Å². The lowest BCUT2D eigenvalue weighted by molar-refractivity contribution is 0.0599. The van der Waals surface area contributed by atoms with Crippen molar-refractivity contribution in [2.24, 2.45) is 0 Å². The van der Waals surface area contributed by atoms with Gasteiger partial charge in [-0.25, -0.2) is 4.79 Å². The van der Waals surface area contributed by atoms with Crippen molar-refractivity contribution in [1.29, 1.82) is 0 Å². The largest absolute Gasteiger partial charge is 0.497 e. The molecule has 7 heteroatoms. The molecule has 0 amide bonds. The van der Waals surface area contributed by atoms with E-state index in [2.05, 4.69) is 17.0 Å². The molecule has 4 aromatic rings. The molecule has 4 aromatic carbocycles. The number of esters is 1. The first-order chi connectivity index (χ1) is 19.6. The lowest BCUT2D eigenvalue weighted by atomic mass is 9.82. The number of rotatable bonds is 6. The van der Waals surface area contributed by atoms with Crippen molar-refractivity contribution in [3.05, 3.63) is 101 Å². The van der Waals surface area contributed by atoms with Crippen molar-refractivity contribution in [2.45, 2.75) is 5.60 Å². The molecule has 2 aliphatic heterocycles. The van der Waals surface area contributed by atoms with Crippen LogP contribution in [0.4, 0.5) is 5.69 Å². The van der Waals surface area contributed by atoms with E-state index in [1.54, 1.807) is 14.2 Å². The van der Waals surface area contributed by atoms with Crippen molar-refractivity contribution in [3.63, 3.8) is 0 Å². The van der Waals surface area contributed by atoms with E-state index in [4.69, 9.17) is 23.7 Å². The number of carbonyl (C=O) groups is 1. The monoisotopic (exact) mass is 537 g/mol. The molecule has 0 unspecified atom stereocenters. The molecule has 0 aliphatic carbocycles. The molecule has 2 aliphatic rings. The first-order valence-corrected chi connectivity index (χ1v) is 13.3. The van der Waals surface area contributed by atoms with Crippen LogP contribution in [0.3, 0.4) is 0 Å². The van der Waals surface area contributed by atoms with E-state index in [9.17, 15) is 4.79 Å². The SMILES string of the molecule is COC(=O)c1cc2ccc(N3CCOCC3)cc2c2c1C=CC(c1ccc(OC)cc1)(c1ccc(OC)cc1)O2. The zero-order chi connectivity index (χ0) is 27.7. The van der Waals surface area contributed by atoms with Gasteiger partial charge in [-0.1, -0.05) is 30.3 Å². The summed E-state index contributed by atoms with van der Waals surface area (Å²) in [5.74, 6) is 1.72. The van der Waals surface area contributed by atoms with Crippen molar-refractivity contribution in [1.82, 2.24) is 0 Å². The van der Waals surface area contributed by atoms with Crippen LogP contribution in [-0.2, 0) is 15.1 Å². The molecule has 0 atom stereocenters. The van der Waals surface area contributed by atoms with Gasteiger partial charge in [-0.05, 0) is 60.0 Å². The second-order valence-electron chi connectivity index (χ2n) is 9.79. The second kappa shape index (κ2) is 10.6. The molecular formula is C33H31NO6.